The number of benzene rings is 1. The number of hydrogen-bond acceptors (Lipinski definition) is 5. The van der Waals surface area contributed by atoms with Crippen LogP contribution in [0.15, 0.2) is 18.2 Å². The van der Waals surface area contributed by atoms with E-state index in [1.54, 1.807) is 0 Å². The van der Waals surface area contributed by atoms with E-state index >= 15 is 0 Å². The number of halogens is 3. The molecule has 0 aliphatic rings. The lowest BCUT2D eigenvalue weighted by Crippen LogP contribution is -2.18. The minimum Gasteiger partial charge on any atom is -0.432 e. The van der Waals surface area contributed by atoms with Crippen molar-refractivity contribution >= 4 is 17.3 Å². The van der Waals surface area contributed by atoms with E-state index in [1.165, 1.54) is 14.0 Å². The largest absolute Gasteiger partial charge is 0.432 e. The maximum Gasteiger partial charge on any atom is 0.387 e. The predicted molar refractivity (Wildman–Crippen MR) is 75.6 cm³/mol. The first-order valence-electron chi connectivity index (χ1n) is 6.44. The van der Waals surface area contributed by atoms with E-state index in [9.17, 15) is 28.1 Å². The molecule has 8 nitrogen and oxygen atoms in total. The van der Waals surface area contributed by atoms with Gasteiger partial charge in [-0.2, -0.15) is 13.9 Å². The van der Waals surface area contributed by atoms with Gasteiger partial charge in [-0.25, -0.2) is 4.39 Å². The van der Waals surface area contributed by atoms with Crippen molar-refractivity contribution in [2.24, 2.45) is 7.05 Å². The van der Waals surface area contributed by atoms with Crippen LogP contribution >= 0.6 is 0 Å². The molecule has 128 valence electrons. The summed E-state index contributed by atoms with van der Waals surface area (Å²) in [5, 5.41) is 17.0. The van der Waals surface area contributed by atoms with Gasteiger partial charge in [-0.15, -0.1) is 0 Å². The van der Waals surface area contributed by atoms with E-state index in [0.717, 1.165) is 16.8 Å². The third-order valence-electron chi connectivity index (χ3n) is 3.00. The molecule has 0 aliphatic heterocycles. The van der Waals surface area contributed by atoms with Gasteiger partial charge in [0.15, 0.2) is 5.75 Å². The fourth-order valence-corrected chi connectivity index (χ4v) is 2.09. The molecule has 1 heterocycles. The molecule has 2 aromatic rings. The molecule has 1 aromatic heterocycles. The number of nitro groups is 1. The maximum atomic E-state index is 13.2. The average Bonchev–Trinajstić information content (AvgIpc) is 2.75. The SMILES string of the molecule is Cc1nn(C)c(C(=O)Nc2ccc(F)cc2OC(F)F)c1[N+](=O)[O-]. The van der Waals surface area contributed by atoms with Gasteiger partial charge in [0.1, 0.15) is 11.5 Å². The molecule has 11 heteroatoms. The molecule has 24 heavy (non-hydrogen) atoms. The Kier molecular flexibility index (Phi) is 4.71. The van der Waals surface area contributed by atoms with Crippen molar-refractivity contribution in [3.8, 4) is 5.75 Å². The molecule has 0 bridgehead atoms. The Labute approximate surface area is 133 Å². The van der Waals surface area contributed by atoms with E-state index in [0.29, 0.717) is 6.07 Å². The standard InChI is InChI=1S/C13H11F3N4O4/c1-6-10(20(22)23)11(19(2)18-6)12(21)17-8-4-3-7(14)5-9(8)24-13(15)16/h3-5,13H,1-2H3,(H,17,21). The molecular formula is C13H11F3N4O4. The topological polar surface area (TPSA) is 99.3 Å². The molecule has 1 aromatic carbocycles. The first-order chi connectivity index (χ1) is 11.2. The fourth-order valence-electron chi connectivity index (χ4n) is 2.09. The van der Waals surface area contributed by atoms with E-state index in [2.05, 4.69) is 15.2 Å². The first-order valence-corrected chi connectivity index (χ1v) is 6.44. The summed E-state index contributed by atoms with van der Waals surface area (Å²) in [5.41, 5.74) is -1.16. The number of carbonyl (C=O) groups is 1. The maximum absolute atomic E-state index is 13.2. The number of carbonyl (C=O) groups excluding carboxylic acids is 1. The summed E-state index contributed by atoms with van der Waals surface area (Å²) in [6.45, 7) is -1.89. The minimum absolute atomic E-state index is 0.0100. The van der Waals surface area contributed by atoms with Gasteiger partial charge in [0.2, 0.25) is 5.69 Å². The number of aromatic nitrogens is 2. The molecule has 0 spiro atoms. The summed E-state index contributed by atoms with van der Waals surface area (Å²) >= 11 is 0. The van der Waals surface area contributed by atoms with Crippen LogP contribution in [0, 0.1) is 22.9 Å². The number of hydrogen-bond donors (Lipinski definition) is 1. The second-order valence-corrected chi connectivity index (χ2v) is 4.64. The van der Waals surface area contributed by atoms with Crippen molar-refractivity contribution < 1.29 is 27.6 Å². The van der Waals surface area contributed by atoms with Crippen molar-refractivity contribution in [1.82, 2.24) is 9.78 Å². The van der Waals surface area contributed by atoms with Crippen molar-refractivity contribution in [2.45, 2.75) is 13.5 Å². The van der Waals surface area contributed by atoms with Crippen LogP contribution < -0.4 is 10.1 Å². The van der Waals surface area contributed by atoms with Crippen LogP contribution in [0.1, 0.15) is 16.2 Å². The molecule has 0 fully saturated rings. The van der Waals surface area contributed by atoms with E-state index < -0.39 is 34.7 Å². The van der Waals surface area contributed by atoms with Crippen molar-refractivity contribution in [3.05, 3.63) is 45.5 Å². The number of anilines is 1. The number of rotatable bonds is 5. The van der Waals surface area contributed by atoms with E-state index in [1.807, 2.05) is 0 Å². The summed E-state index contributed by atoms with van der Waals surface area (Å²) in [6.07, 6.45) is 0. The monoisotopic (exact) mass is 344 g/mol. The highest BCUT2D eigenvalue weighted by atomic mass is 19.3. The van der Waals surface area contributed by atoms with Crippen LogP contribution in [0.5, 0.6) is 5.75 Å². The minimum atomic E-state index is -3.24. The lowest BCUT2D eigenvalue weighted by atomic mass is 10.2. The first kappa shape index (κ1) is 17.2. The smallest absolute Gasteiger partial charge is 0.387 e. The van der Waals surface area contributed by atoms with Crippen molar-refractivity contribution in [3.63, 3.8) is 0 Å². The normalized spacial score (nSPS) is 10.8. The molecular weight excluding hydrogens is 333 g/mol. The van der Waals surface area contributed by atoms with Crippen LogP contribution in [0.3, 0.4) is 0 Å². The average molecular weight is 344 g/mol. The molecule has 1 amide bonds. The highest BCUT2D eigenvalue weighted by molar-refractivity contribution is 6.06. The predicted octanol–water partition coefficient (Wildman–Crippen LogP) is 2.63. The zero-order valence-corrected chi connectivity index (χ0v) is 12.4. The molecule has 0 unspecified atom stereocenters. The Balaban J connectivity index is 2.39. The Morgan fingerprint density at radius 2 is 2.12 bits per heavy atom. The van der Waals surface area contributed by atoms with E-state index in [-0.39, 0.29) is 17.1 Å². The van der Waals surface area contributed by atoms with Crippen LogP contribution in [-0.4, -0.2) is 27.2 Å². The molecule has 0 saturated carbocycles. The van der Waals surface area contributed by atoms with Crippen LogP contribution in [0.2, 0.25) is 0 Å². The second-order valence-electron chi connectivity index (χ2n) is 4.64. The fraction of sp³-hybridized carbons (Fsp3) is 0.231. The lowest BCUT2D eigenvalue weighted by molar-refractivity contribution is -0.385. The van der Waals surface area contributed by atoms with Gasteiger partial charge in [0.05, 0.1) is 10.6 Å². The number of amides is 1. The number of alkyl halides is 2. The molecule has 0 atom stereocenters. The Bertz CT molecular complexity index is 807. The molecule has 2 rings (SSSR count). The van der Waals surface area contributed by atoms with Crippen molar-refractivity contribution in [1.29, 1.82) is 0 Å². The zero-order valence-electron chi connectivity index (χ0n) is 12.4. The Hall–Kier alpha value is -3.11. The number of nitrogens with zero attached hydrogens (tertiary/aromatic N) is 3. The highest BCUT2D eigenvalue weighted by Crippen LogP contribution is 2.29. The van der Waals surface area contributed by atoms with Crippen molar-refractivity contribution in [2.75, 3.05) is 5.32 Å². The number of ether oxygens (including phenoxy) is 1. The third-order valence-corrected chi connectivity index (χ3v) is 3.00. The molecule has 0 aliphatic carbocycles. The summed E-state index contributed by atoms with van der Waals surface area (Å²) in [5.74, 6) is -2.44. The second kappa shape index (κ2) is 6.56. The van der Waals surface area contributed by atoms with Gasteiger partial charge in [-0.1, -0.05) is 0 Å². The van der Waals surface area contributed by atoms with Crippen LogP contribution in [0.4, 0.5) is 24.5 Å². The Morgan fingerprint density at radius 1 is 1.46 bits per heavy atom. The third kappa shape index (κ3) is 3.45. The summed E-state index contributed by atoms with van der Waals surface area (Å²) in [7, 11) is 1.32. The quantitative estimate of drug-likeness (QED) is 0.664. The molecule has 0 saturated heterocycles. The Morgan fingerprint density at radius 3 is 2.71 bits per heavy atom. The zero-order chi connectivity index (χ0) is 18.0. The van der Waals surface area contributed by atoms with Gasteiger partial charge in [0, 0.05) is 13.1 Å². The van der Waals surface area contributed by atoms with Gasteiger partial charge in [-0.05, 0) is 19.1 Å². The van der Waals surface area contributed by atoms with Gasteiger partial charge < -0.3 is 10.1 Å². The van der Waals surface area contributed by atoms with Crippen LogP contribution in [-0.2, 0) is 7.05 Å². The van der Waals surface area contributed by atoms with Gasteiger partial charge >= 0.3 is 12.3 Å². The van der Waals surface area contributed by atoms with E-state index in [4.69, 9.17) is 0 Å². The summed E-state index contributed by atoms with van der Waals surface area (Å²) < 4.78 is 43.0. The molecule has 1 N–H and O–H groups in total. The highest BCUT2D eigenvalue weighted by Gasteiger charge is 2.29. The number of nitrogens with one attached hydrogen (secondary N) is 1. The summed E-state index contributed by atoms with van der Waals surface area (Å²) in [4.78, 5) is 22.6. The van der Waals surface area contributed by atoms with Gasteiger partial charge in [-0.3, -0.25) is 19.6 Å². The van der Waals surface area contributed by atoms with Crippen LogP contribution in [0.25, 0.3) is 0 Å². The van der Waals surface area contributed by atoms with Gasteiger partial charge in [0.25, 0.3) is 5.91 Å². The number of aryl methyl sites for hydroxylation is 2. The summed E-state index contributed by atoms with van der Waals surface area (Å²) in [6, 6.07) is 2.57. The lowest BCUT2D eigenvalue weighted by Gasteiger charge is -2.11. The molecule has 0 radical (unpaired) electrons.